The number of rotatable bonds is 1. The summed E-state index contributed by atoms with van der Waals surface area (Å²) in [6.07, 6.45) is 0. The van der Waals surface area contributed by atoms with Gasteiger partial charge in [0, 0.05) is 0 Å². The summed E-state index contributed by atoms with van der Waals surface area (Å²) in [5, 5.41) is 9.48. The average molecular weight is 250 g/mol. The van der Waals surface area contributed by atoms with Crippen molar-refractivity contribution in [2.45, 2.75) is 0 Å². The van der Waals surface area contributed by atoms with Gasteiger partial charge in [0.25, 0.3) is 0 Å². The van der Waals surface area contributed by atoms with Crippen molar-refractivity contribution >= 4 is 17.9 Å². The van der Waals surface area contributed by atoms with Gasteiger partial charge in [-0.1, -0.05) is 0 Å². The normalized spacial score (nSPS) is 5.88. The first-order chi connectivity index (χ1) is 3.27. The first-order valence-electron chi connectivity index (χ1n) is 1.41. The fourth-order valence-electron chi connectivity index (χ4n) is 0.0731. The molecular formula is C2H5CsN4S. The van der Waals surface area contributed by atoms with Crippen LogP contribution in [0.1, 0.15) is 1.43 Å². The summed E-state index contributed by atoms with van der Waals surface area (Å²) in [5.74, 6) is -0.0773. The van der Waals surface area contributed by atoms with Gasteiger partial charge in [0.05, 0.1) is 11.9 Å². The second-order valence-electron chi connectivity index (χ2n) is 0.699. The summed E-state index contributed by atoms with van der Waals surface area (Å²) < 4.78 is 3.27. The van der Waals surface area contributed by atoms with E-state index in [1.807, 2.05) is 0 Å². The van der Waals surface area contributed by atoms with Crippen LogP contribution in [0.25, 0.3) is 0 Å². The molecule has 0 aliphatic heterocycles. The molecule has 0 amide bonds. The maximum Gasteiger partial charge on any atom is 1.00 e. The molecule has 0 unspecified atom stereocenters. The van der Waals surface area contributed by atoms with E-state index in [9.17, 15) is 0 Å². The van der Waals surface area contributed by atoms with E-state index in [1.54, 1.807) is 5.40 Å². The van der Waals surface area contributed by atoms with Gasteiger partial charge in [0.15, 0.2) is 11.4 Å². The largest absolute Gasteiger partial charge is 1.00 e. The fourth-order valence-corrected chi connectivity index (χ4v) is 0.219. The van der Waals surface area contributed by atoms with Crippen LogP contribution < -0.4 is 80.4 Å². The van der Waals surface area contributed by atoms with Crippen LogP contribution in [0.3, 0.4) is 0 Å². The molecule has 0 heterocycles. The number of thiocyanates is 1. The van der Waals surface area contributed by atoms with Crippen LogP contribution in [0.15, 0.2) is 4.40 Å². The van der Waals surface area contributed by atoms with E-state index in [4.69, 9.17) is 16.7 Å². The molecule has 0 radical (unpaired) electrons. The maximum absolute atomic E-state index is 7.81. The van der Waals surface area contributed by atoms with Gasteiger partial charge in [0.1, 0.15) is 0 Å². The second kappa shape index (κ2) is 8.16. The van der Waals surface area contributed by atoms with Crippen LogP contribution in [0.4, 0.5) is 0 Å². The Morgan fingerprint density at radius 2 is 2.25 bits per heavy atom. The Morgan fingerprint density at radius 1 is 1.75 bits per heavy atom. The zero-order valence-corrected chi connectivity index (χ0v) is 11.6. The predicted molar refractivity (Wildman–Crippen MR) is 30.1 cm³/mol. The zero-order valence-electron chi connectivity index (χ0n) is 5.46. The van der Waals surface area contributed by atoms with E-state index < -0.39 is 0 Å². The van der Waals surface area contributed by atoms with Crippen LogP contribution in [0.2, 0.25) is 0 Å². The molecule has 0 aromatic rings. The van der Waals surface area contributed by atoms with E-state index >= 15 is 0 Å². The molecule has 0 saturated heterocycles. The summed E-state index contributed by atoms with van der Waals surface area (Å²) >= 11 is 0.660. The van der Waals surface area contributed by atoms with Crippen LogP contribution in [-0.2, 0) is 0 Å². The minimum Gasteiger partial charge on any atom is -1.00 e. The minimum absolute atomic E-state index is 0. The SMILES string of the molecule is N#CSN=C(N)N.[Cs+].[H-]. The Bertz CT molecular complexity index is 116. The summed E-state index contributed by atoms with van der Waals surface area (Å²) in [5.41, 5.74) is 9.67. The van der Waals surface area contributed by atoms with Crippen LogP contribution in [0, 0.1) is 10.7 Å². The molecule has 0 aromatic heterocycles. The summed E-state index contributed by atoms with van der Waals surface area (Å²) in [4.78, 5) is 0. The molecule has 0 bridgehead atoms. The Labute approximate surface area is 112 Å². The summed E-state index contributed by atoms with van der Waals surface area (Å²) in [6.45, 7) is 0. The monoisotopic (exact) mass is 250 g/mol. The molecule has 0 aliphatic carbocycles. The molecule has 0 fully saturated rings. The van der Waals surface area contributed by atoms with Gasteiger partial charge in [0.2, 0.25) is 0 Å². The number of hydrogen-bond acceptors (Lipinski definition) is 3. The maximum atomic E-state index is 7.81. The fraction of sp³-hybridized carbons (Fsp3) is 0. The number of guanidine groups is 1. The molecule has 0 atom stereocenters. The van der Waals surface area contributed by atoms with Crippen molar-refractivity contribution in [1.29, 1.82) is 5.26 Å². The Balaban J connectivity index is -0.000000180. The van der Waals surface area contributed by atoms with Crippen molar-refractivity contribution in [2.75, 3.05) is 0 Å². The van der Waals surface area contributed by atoms with Crippen LogP contribution in [-0.4, -0.2) is 5.96 Å². The van der Waals surface area contributed by atoms with Gasteiger partial charge in [-0.05, 0) is 0 Å². The number of nitriles is 1. The minimum atomic E-state index is -0.0773. The second-order valence-corrected chi connectivity index (χ2v) is 1.25. The molecule has 0 aliphatic rings. The van der Waals surface area contributed by atoms with Gasteiger partial charge in [-0.15, -0.1) is 0 Å². The van der Waals surface area contributed by atoms with Crippen LogP contribution >= 0.6 is 11.9 Å². The van der Waals surface area contributed by atoms with Crippen LogP contribution in [0.5, 0.6) is 0 Å². The molecule has 0 rings (SSSR count). The number of hydrogen-bond donors (Lipinski definition) is 2. The number of nitrogens with two attached hydrogens (primary N) is 2. The summed E-state index contributed by atoms with van der Waals surface area (Å²) in [7, 11) is 0. The molecule has 0 spiro atoms. The Morgan fingerprint density at radius 3 is 2.38 bits per heavy atom. The van der Waals surface area contributed by atoms with Gasteiger partial charge in [-0.3, -0.25) is 0 Å². The van der Waals surface area contributed by atoms with E-state index in [2.05, 4.69) is 4.40 Å². The third kappa shape index (κ3) is 10.2. The van der Waals surface area contributed by atoms with Gasteiger partial charge in [-0.2, -0.15) is 9.66 Å². The molecule has 8 heavy (non-hydrogen) atoms. The van der Waals surface area contributed by atoms with E-state index in [-0.39, 0.29) is 76.3 Å². The van der Waals surface area contributed by atoms with Crippen molar-refractivity contribution in [3.8, 4) is 5.40 Å². The third-order valence-corrected chi connectivity index (χ3v) is 0.576. The molecule has 4 nitrogen and oxygen atoms in total. The Kier molecular flexibility index (Phi) is 12.1. The summed E-state index contributed by atoms with van der Waals surface area (Å²) in [6, 6.07) is 0. The van der Waals surface area contributed by atoms with E-state index in [0.717, 1.165) is 0 Å². The van der Waals surface area contributed by atoms with Gasteiger partial charge < -0.3 is 12.9 Å². The topological polar surface area (TPSA) is 88.2 Å². The van der Waals surface area contributed by atoms with Crippen molar-refractivity contribution in [1.82, 2.24) is 0 Å². The van der Waals surface area contributed by atoms with Gasteiger partial charge in [-0.25, -0.2) is 0 Å². The van der Waals surface area contributed by atoms with E-state index in [0.29, 0.717) is 11.9 Å². The van der Waals surface area contributed by atoms with Gasteiger partial charge >= 0.3 is 68.9 Å². The Hall–Kier alpha value is 1.16. The quantitative estimate of drug-likeness (QED) is 0.219. The smallest absolute Gasteiger partial charge is 1.00 e. The molecule has 0 aromatic carbocycles. The molecule has 40 valence electrons. The standard InChI is InChI=1S/C2H4N4S.Cs.H/c3-1-7-6-2(4)5;;/h(H4,4,5,6);;/q;+1;-1. The zero-order chi connectivity index (χ0) is 5.70. The van der Waals surface area contributed by atoms with E-state index in [1.165, 1.54) is 0 Å². The number of nitrogens with zero attached hydrogens (tertiary/aromatic N) is 2. The molecular weight excluding hydrogens is 245 g/mol. The first kappa shape index (κ1) is 11.9. The molecule has 4 N–H and O–H groups in total. The average Bonchev–Trinajstić information content (AvgIpc) is 1.61. The third-order valence-electron chi connectivity index (χ3n) is 0.192. The van der Waals surface area contributed by atoms with Crippen molar-refractivity contribution < 1.29 is 70.3 Å². The van der Waals surface area contributed by atoms with Crippen molar-refractivity contribution in [3.05, 3.63) is 0 Å². The molecule has 0 saturated carbocycles. The first-order valence-corrected chi connectivity index (χ1v) is 2.18. The van der Waals surface area contributed by atoms with Crippen molar-refractivity contribution in [2.24, 2.45) is 15.9 Å². The van der Waals surface area contributed by atoms with Crippen molar-refractivity contribution in [3.63, 3.8) is 0 Å². The predicted octanol–water partition coefficient (Wildman–Crippen LogP) is -3.49. The molecule has 6 heteroatoms.